The van der Waals surface area contributed by atoms with Gasteiger partial charge < -0.3 is 24.6 Å². The van der Waals surface area contributed by atoms with E-state index in [0.717, 1.165) is 34.9 Å². The van der Waals surface area contributed by atoms with Gasteiger partial charge in [-0.1, -0.05) is 0 Å². The lowest BCUT2D eigenvalue weighted by atomic mass is 10.0. The van der Waals surface area contributed by atoms with Gasteiger partial charge in [0.1, 0.15) is 11.4 Å². The Bertz CT molecular complexity index is 1370. The molecule has 3 aromatic rings. The summed E-state index contributed by atoms with van der Waals surface area (Å²) in [5.74, 6) is 1.85. The Hall–Kier alpha value is -3.99. The second-order valence-corrected chi connectivity index (χ2v) is 10.6. The zero-order valence-electron chi connectivity index (χ0n) is 22.2. The molecule has 0 saturated carbocycles. The highest BCUT2D eigenvalue weighted by Crippen LogP contribution is 2.32. The quantitative estimate of drug-likeness (QED) is 0.533. The minimum atomic E-state index is -0.569. The summed E-state index contributed by atoms with van der Waals surface area (Å²) in [6.45, 7) is 10.6. The average Bonchev–Trinajstić information content (AvgIpc) is 2.87. The monoisotopic (exact) mass is 519 g/mol. The molecule has 2 aliphatic heterocycles. The van der Waals surface area contributed by atoms with Crippen LogP contribution in [0.1, 0.15) is 39.0 Å². The van der Waals surface area contributed by atoms with E-state index in [1.807, 2.05) is 45.0 Å². The lowest BCUT2D eigenvalue weighted by Crippen LogP contribution is -2.46. The normalized spacial score (nSPS) is 17.6. The van der Waals surface area contributed by atoms with Crippen molar-refractivity contribution in [2.75, 3.05) is 36.5 Å². The molecule has 1 fully saturated rings. The molecule has 2 N–H and O–H groups in total. The largest absolute Gasteiger partial charge is 0.444 e. The van der Waals surface area contributed by atoms with Gasteiger partial charge in [0.25, 0.3) is 5.56 Å². The summed E-state index contributed by atoms with van der Waals surface area (Å²) in [6.07, 6.45) is 1.76. The number of aromatic amines is 1. The number of amides is 1. The summed E-state index contributed by atoms with van der Waals surface area (Å²) in [7, 11) is 0. The van der Waals surface area contributed by atoms with Crippen LogP contribution in [0.3, 0.4) is 0 Å². The summed E-state index contributed by atoms with van der Waals surface area (Å²) in [5, 5.41) is 3.09. The molecule has 38 heavy (non-hydrogen) atoms. The Balaban J connectivity index is 1.47. The fourth-order valence-corrected chi connectivity index (χ4v) is 4.57. The van der Waals surface area contributed by atoms with Crippen molar-refractivity contribution in [2.24, 2.45) is 0 Å². The topological polar surface area (TPSA) is 126 Å². The minimum Gasteiger partial charge on any atom is -0.444 e. The summed E-state index contributed by atoms with van der Waals surface area (Å²) in [6, 6.07) is 9.15. The van der Waals surface area contributed by atoms with E-state index < -0.39 is 5.60 Å². The Labute approximate surface area is 221 Å². The first-order chi connectivity index (χ1) is 18.2. The van der Waals surface area contributed by atoms with E-state index in [1.165, 1.54) is 12.3 Å². The SMILES string of the molecule is C[C@H]1COCCN1c1nc(-c2ccc(Nc3nccc(=O)[nH]3)cc2)nc2c1CCN(C(=O)OC(C)(C)C)C2. The van der Waals surface area contributed by atoms with Crippen molar-refractivity contribution in [1.82, 2.24) is 24.8 Å². The van der Waals surface area contributed by atoms with Crippen LogP contribution in [0, 0.1) is 0 Å². The molecule has 1 aromatic carbocycles. The number of carbonyl (C=O) groups excluding carboxylic acids is 1. The van der Waals surface area contributed by atoms with Gasteiger partial charge in [0.05, 0.1) is 31.5 Å². The van der Waals surface area contributed by atoms with Gasteiger partial charge in [-0.3, -0.25) is 9.78 Å². The first kappa shape index (κ1) is 25.7. The molecule has 0 spiro atoms. The molecular formula is C27H33N7O4. The van der Waals surface area contributed by atoms with Crippen molar-refractivity contribution in [2.45, 2.75) is 52.3 Å². The summed E-state index contributed by atoms with van der Waals surface area (Å²) < 4.78 is 11.3. The first-order valence-corrected chi connectivity index (χ1v) is 12.8. The van der Waals surface area contributed by atoms with Crippen LogP contribution in [0.4, 0.5) is 22.2 Å². The fourth-order valence-electron chi connectivity index (χ4n) is 4.57. The zero-order chi connectivity index (χ0) is 26.9. The molecule has 0 bridgehead atoms. The number of nitrogens with zero attached hydrogens (tertiary/aromatic N) is 5. The third kappa shape index (κ3) is 5.77. The van der Waals surface area contributed by atoms with Crippen molar-refractivity contribution in [3.8, 4) is 11.4 Å². The number of rotatable bonds is 4. The molecule has 11 heteroatoms. The maximum absolute atomic E-state index is 12.8. The molecular weight excluding hydrogens is 486 g/mol. The van der Waals surface area contributed by atoms with Crippen molar-refractivity contribution in [3.63, 3.8) is 0 Å². The van der Waals surface area contributed by atoms with Gasteiger partial charge in [0, 0.05) is 42.2 Å². The lowest BCUT2D eigenvalue weighted by Gasteiger charge is -2.38. The summed E-state index contributed by atoms with van der Waals surface area (Å²) >= 11 is 0. The highest BCUT2D eigenvalue weighted by molar-refractivity contribution is 5.70. The van der Waals surface area contributed by atoms with Gasteiger partial charge in [0.2, 0.25) is 5.95 Å². The van der Waals surface area contributed by atoms with Gasteiger partial charge in [-0.15, -0.1) is 0 Å². The Morgan fingerprint density at radius 3 is 2.66 bits per heavy atom. The van der Waals surface area contributed by atoms with E-state index in [-0.39, 0.29) is 17.7 Å². The highest BCUT2D eigenvalue weighted by Gasteiger charge is 2.32. The second kappa shape index (κ2) is 10.4. The number of anilines is 3. The van der Waals surface area contributed by atoms with Crippen molar-refractivity contribution in [1.29, 1.82) is 0 Å². The number of carbonyl (C=O) groups is 1. The molecule has 1 saturated heterocycles. The van der Waals surface area contributed by atoms with Crippen molar-refractivity contribution < 1.29 is 14.3 Å². The number of H-pyrrole nitrogens is 1. The van der Waals surface area contributed by atoms with Crippen LogP contribution >= 0.6 is 0 Å². The molecule has 2 aliphatic rings. The standard InChI is InChI=1S/C27H33N7O4/c1-17-16-37-14-13-34(17)24-20-10-12-33(26(36)38-27(2,3)4)15-21(20)30-23(32-24)18-5-7-19(8-6-18)29-25-28-11-9-22(35)31-25/h5-9,11,17H,10,12-16H2,1-4H3,(H2,28,29,31,35)/t17-/m0/s1. The average molecular weight is 520 g/mol. The van der Waals surface area contributed by atoms with E-state index in [2.05, 4.69) is 27.1 Å². The maximum Gasteiger partial charge on any atom is 0.410 e. The number of hydrogen-bond donors (Lipinski definition) is 2. The first-order valence-electron chi connectivity index (χ1n) is 12.8. The van der Waals surface area contributed by atoms with Gasteiger partial charge in [-0.2, -0.15) is 0 Å². The maximum atomic E-state index is 12.8. The van der Waals surface area contributed by atoms with Gasteiger partial charge in [-0.25, -0.2) is 19.7 Å². The molecule has 0 aliphatic carbocycles. The molecule has 11 nitrogen and oxygen atoms in total. The molecule has 1 amide bonds. The summed E-state index contributed by atoms with van der Waals surface area (Å²) in [4.78, 5) is 45.1. The number of aromatic nitrogens is 4. The lowest BCUT2D eigenvalue weighted by molar-refractivity contribution is 0.0220. The van der Waals surface area contributed by atoms with Crippen LogP contribution in [0.15, 0.2) is 41.3 Å². The predicted octanol–water partition coefficient (Wildman–Crippen LogP) is 3.49. The highest BCUT2D eigenvalue weighted by atomic mass is 16.6. The number of fused-ring (bicyclic) bond motifs is 1. The van der Waals surface area contributed by atoms with Gasteiger partial charge in [-0.05, 0) is 58.4 Å². The molecule has 1 atom stereocenters. The van der Waals surface area contributed by atoms with E-state index in [4.69, 9.17) is 19.4 Å². The number of ether oxygens (including phenoxy) is 2. The Morgan fingerprint density at radius 2 is 1.95 bits per heavy atom. The van der Waals surface area contributed by atoms with E-state index in [0.29, 0.717) is 44.5 Å². The number of nitrogens with one attached hydrogen (secondary N) is 2. The minimum absolute atomic E-state index is 0.173. The van der Waals surface area contributed by atoms with Crippen molar-refractivity contribution in [3.05, 3.63) is 58.1 Å². The van der Waals surface area contributed by atoms with Crippen molar-refractivity contribution >= 4 is 23.5 Å². The Kier molecular flexibility index (Phi) is 7.02. The van der Waals surface area contributed by atoms with E-state index in [9.17, 15) is 9.59 Å². The van der Waals surface area contributed by atoms with Crippen LogP contribution in [-0.4, -0.2) is 68.9 Å². The number of benzene rings is 1. The fraction of sp³-hybridized carbons (Fsp3) is 0.444. The third-order valence-electron chi connectivity index (χ3n) is 6.41. The Morgan fingerprint density at radius 1 is 1.16 bits per heavy atom. The van der Waals surface area contributed by atoms with Crippen LogP contribution < -0.4 is 15.8 Å². The van der Waals surface area contributed by atoms with Gasteiger partial charge >= 0.3 is 6.09 Å². The van der Waals surface area contributed by atoms with Crippen LogP contribution in [0.25, 0.3) is 11.4 Å². The third-order valence-corrected chi connectivity index (χ3v) is 6.41. The zero-order valence-corrected chi connectivity index (χ0v) is 22.2. The smallest absolute Gasteiger partial charge is 0.410 e. The molecule has 4 heterocycles. The molecule has 2 aromatic heterocycles. The van der Waals surface area contributed by atoms with Crippen LogP contribution in [-0.2, 0) is 22.4 Å². The van der Waals surface area contributed by atoms with E-state index in [1.54, 1.807) is 4.90 Å². The number of hydrogen-bond acceptors (Lipinski definition) is 9. The molecule has 200 valence electrons. The van der Waals surface area contributed by atoms with Crippen LogP contribution in [0.2, 0.25) is 0 Å². The second-order valence-electron chi connectivity index (χ2n) is 10.6. The summed E-state index contributed by atoms with van der Waals surface area (Å²) in [5.41, 5.74) is 2.70. The predicted molar refractivity (Wildman–Crippen MR) is 144 cm³/mol. The molecule has 5 rings (SSSR count). The van der Waals surface area contributed by atoms with Crippen LogP contribution in [0.5, 0.6) is 0 Å². The molecule has 0 radical (unpaired) electrons. The number of morpholine rings is 1. The molecule has 0 unspecified atom stereocenters. The van der Waals surface area contributed by atoms with Gasteiger partial charge in [0.15, 0.2) is 5.82 Å². The van der Waals surface area contributed by atoms with E-state index >= 15 is 0 Å².